The van der Waals surface area contributed by atoms with Crippen LogP contribution in [0.3, 0.4) is 0 Å². The summed E-state index contributed by atoms with van der Waals surface area (Å²) in [4.78, 5) is 0. The van der Waals surface area contributed by atoms with Gasteiger partial charge in [-0.15, -0.1) is 0 Å². The molecule has 8 rings (SSSR count). The number of hydrogen-bond acceptors (Lipinski definition) is 1. The highest BCUT2D eigenvalue weighted by molar-refractivity contribution is 7.20. The van der Waals surface area contributed by atoms with Gasteiger partial charge in [-0.05, 0) is 67.5 Å². The van der Waals surface area contributed by atoms with Crippen LogP contribution in [-0.4, -0.2) is 16.1 Å². The molecule has 1 aromatic heterocycles. The number of hydrogen-bond donors (Lipinski definition) is 0. The zero-order chi connectivity index (χ0) is 34.7. The molecule has 0 aliphatic rings. The van der Waals surface area contributed by atoms with Crippen molar-refractivity contribution >= 4 is 74.4 Å². The lowest BCUT2D eigenvalue weighted by atomic mass is 10.1. The maximum atomic E-state index is 6.65. The molecule has 0 fully saturated rings. The van der Waals surface area contributed by atoms with Gasteiger partial charge in [0.1, 0.15) is 11.2 Å². The fraction of sp³-hybridized carbons (Fsp3) is 0.0417. The molecule has 0 unspecified atom stereocenters. The van der Waals surface area contributed by atoms with E-state index in [1.165, 1.54) is 41.5 Å². The van der Waals surface area contributed by atoms with Crippen LogP contribution >= 0.6 is 0 Å². The van der Waals surface area contributed by atoms with Crippen molar-refractivity contribution in [3.63, 3.8) is 0 Å². The summed E-state index contributed by atoms with van der Waals surface area (Å²) in [6.07, 6.45) is 6.82. The van der Waals surface area contributed by atoms with E-state index < -0.39 is 16.1 Å². The summed E-state index contributed by atoms with van der Waals surface area (Å²) in [6.45, 7) is 4.30. The summed E-state index contributed by atoms with van der Waals surface area (Å²) >= 11 is 0. The molecule has 0 N–H and O–H groups in total. The van der Waals surface area contributed by atoms with Gasteiger partial charge in [0.05, 0.1) is 0 Å². The van der Waals surface area contributed by atoms with Gasteiger partial charge in [-0.1, -0.05) is 194 Å². The minimum Gasteiger partial charge on any atom is -0.456 e. The summed E-state index contributed by atoms with van der Waals surface area (Å²) < 4.78 is 6.65. The largest absolute Gasteiger partial charge is 0.456 e. The van der Waals surface area contributed by atoms with E-state index in [4.69, 9.17) is 4.42 Å². The molecule has 7 aromatic carbocycles. The van der Waals surface area contributed by atoms with E-state index in [9.17, 15) is 0 Å². The Kier molecular flexibility index (Phi) is 8.83. The van der Waals surface area contributed by atoms with Crippen LogP contribution in [-0.2, 0) is 0 Å². The van der Waals surface area contributed by atoms with Crippen molar-refractivity contribution in [2.45, 2.75) is 13.8 Å². The fourth-order valence-corrected chi connectivity index (χ4v) is 18.0. The first-order valence-electron chi connectivity index (χ1n) is 17.8. The highest BCUT2D eigenvalue weighted by atomic mass is 28.3. The molecule has 0 atom stereocenters. The molecule has 0 aliphatic heterocycles. The van der Waals surface area contributed by atoms with Crippen LogP contribution in [0.2, 0.25) is 0 Å². The van der Waals surface area contributed by atoms with E-state index in [1.54, 1.807) is 0 Å². The average molecular weight is 689 g/mol. The zero-order valence-electron chi connectivity index (χ0n) is 29.0. The van der Waals surface area contributed by atoms with Crippen molar-refractivity contribution in [2.24, 2.45) is 0 Å². The molecule has 0 saturated heterocycles. The van der Waals surface area contributed by atoms with Crippen molar-refractivity contribution in [1.29, 1.82) is 0 Å². The van der Waals surface area contributed by atoms with Crippen LogP contribution in [0.4, 0.5) is 0 Å². The van der Waals surface area contributed by atoms with Gasteiger partial charge in [-0.2, -0.15) is 0 Å². The lowest BCUT2D eigenvalue weighted by Crippen LogP contribution is -2.74. The summed E-state index contributed by atoms with van der Waals surface area (Å²) in [6, 6.07) is 69.6. The maximum Gasteiger partial charge on any atom is 0.179 e. The smallest absolute Gasteiger partial charge is 0.179 e. The van der Waals surface area contributed by atoms with E-state index in [1.807, 2.05) is 0 Å². The van der Waals surface area contributed by atoms with Crippen molar-refractivity contribution in [2.75, 3.05) is 0 Å². The highest BCUT2D eigenvalue weighted by Crippen LogP contribution is 2.30. The zero-order valence-corrected chi connectivity index (χ0v) is 31.0. The van der Waals surface area contributed by atoms with Crippen molar-refractivity contribution in [3.05, 3.63) is 211 Å². The van der Waals surface area contributed by atoms with Gasteiger partial charge >= 0.3 is 0 Å². The lowest BCUT2D eigenvalue weighted by Gasteiger charge is -2.35. The number of furan rings is 1. The summed E-state index contributed by atoms with van der Waals surface area (Å²) in [5, 5.41) is 13.1. The second kappa shape index (κ2) is 13.9. The first-order valence-corrected chi connectivity index (χ1v) is 21.8. The van der Waals surface area contributed by atoms with E-state index in [2.05, 4.69) is 220 Å². The average Bonchev–Trinajstić information content (AvgIpc) is 3.58. The molecule has 0 saturated carbocycles. The summed E-state index contributed by atoms with van der Waals surface area (Å²) in [7, 11) is -5.44. The van der Waals surface area contributed by atoms with Crippen LogP contribution in [0.25, 0.3) is 21.9 Å². The third-order valence-electron chi connectivity index (χ3n) is 10.5. The predicted octanol–water partition coefficient (Wildman–Crippen LogP) is 7.50. The minimum atomic E-state index is -2.72. The molecular formula is C48H40OSi2. The number of fused-ring (bicyclic) bond motifs is 3. The van der Waals surface area contributed by atoms with E-state index in [-0.39, 0.29) is 0 Å². The van der Waals surface area contributed by atoms with E-state index in [0.717, 1.165) is 21.9 Å². The second-order valence-electron chi connectivity index (χ2n) is 13.1. The van der Waals surface area contributed by atoms with Crippen LogP contribution in [0, 0.1) is 0 Å². The molecular weight excluding hydrogens is 649 g/mol. The molecule has 0 aliphatic carbocycles. The Morgan fingerprint density at radius 1 is 0.412 bits per heavy atom. The van der Waals surface area contributed by atoms with Crippen LogP contribution in [0.15, 0.2) is 216 Å². The third kappa shape index (κ3) is 5.37. The van der Waals surface area contributed by atoms with Crippen LogP contribution in [0.5, 0.6) is 0 Å². The van der Waals surface area contributed by atoms with Gasteiger partial charge in [0.15, 0.2) is 16.1 Å². The Labute approximate surface area is 302 Å². The lowest BCUT2D eigenvalue weighted by molar-refractivity contribution is 0.669. The topological polar surface area (TPSA) is 13.1 Å². The van der Waals surface area contributed by atoms with Crippen molar-refractivity contribution < 1.29 is 4.42 Å². The first-order chi connectivity index (χ1) is 25.2. The Bertz CT molecular complexity index is 2330. The molecule has 1 heterocycles. The predicted molar refractivity (Wildman–Crippen MR) is 223 cm³/mol. The van der Waals surface area contributed by atoms with Gasteiger partial charge in [-0.25, -0.2) is 0 Å². The molecule has 0 amide bonds. The fourth-order valence-electron chi connectivity index (χ4n) is 8.30. The Morgan fingerprint density at radius 3 is 1.18 bits per heavy atom. The minimum absolute atomic E-state index is 0.911. The molecule has 3 heteroatoms. The number of benzene rings is 7. The van der Waals surface area contributed by atoms with Gasteiger partial charge in [-0.3, -0.25) is 0 Å². The van der Waals surface area contributed by atoms with Gasteiger partial charge in [0.2, 0.25) is 0 Å². The normalized spacial score (nSPS) is 12.5. The Balaban J connectivity index is 1.45. The molecule has 1 nitrogen and oxygen atoms in total. The summed E-state index contributed by atoms with van der Waals surface area (Å²) in [5.41, 5.74) is 1.82. The highest BCUT2D eigenvalue weighted by Gasteiger charge is 2.43. The monoisotopic (exact) mass is 688 g/mol. The molecule has 0 bridgehead atoms. The molecule has 51 heavy (non-hydrogen) atoms. The van der Waals surface area contributed by atoms with Crippen molar-refractivity contribution in [3.8, 4) is 0 Å². The third-order valence-corrected chi connectivity index (χ3v) is 20.1. The second-order valence-corrected chi connectivity index (χ2v) is 20.7. The van der Waals surface area contributed by atoms with Crippen LogP contribution < -0.4 is 36.3 Å². The molecule has 8 aromatic rings. The number of allylic oxidation sites excluding steroid dienone is 4. The van der Waals surface area contributed by atoms with Gasteiger partial charge in [0, 0.05) is 10.8 Å². The summed E-state index contributed by atoms with van der Waals surface area (Å²) in [5.74, 6) is 0. The SMILES string of the molecule is CC=CC(=CC)[Si](c1ccccc1)(c1ccccc1)c1ccc2oc3ccc([Si](c4ccccc4)(c4ccccc4)c4ccccc4)cc3c2c1. The Hall–Kier alpha value is -5.75. The molecule has 0 radical (unpaired) electrons. The van der Waals surface area contributed by atoms with E-state index in [0.29, 0.717) is 0 Å². The number of rotatable bonds is 9. The maximum absolute atomic E-state index is 6.65. The van der Waals surface area contributed by atoms with E-state index >= 15 is 0 Å². The van der Waals surface area contributed by atoms with Gasteiger partial charge < -0.3 is 4.42 Å². The van der Waals surface area contributed by atoms with Crippen molar-refractivity contribution in [1.82, 2.24) is 0 Å². The molecule has 246 valence electrons. The Morgan fingerprint density at radius 2 is 0.784 bits per heavy atom. The van der Waals surface area contributed by atoms with Gasteiger partial charge in [0.25, 0.3) is 0 Å². The van der Waals surface area contributed by atoms with Crippen LogP contribution in [0.1, 0.15) is 13.8 Å². The standard InChI is InChI=1S/C48H40OSi2/c1-3-20-37(4-2)50(38-21-10-5-11-22-38,39-23-12-6-13-24-39)43-31-33-47-45(35-43)46-36-44(32-34-48(46)49-47)51(40-25-14-7-15-26-40,41-27-16-8-17-28-41)42-29-18-9-19-30-42/h3-36H,1-2H3. The molecule has 0 spiro atoms. The quantitative estimate of drug-likeness (QED) is 0.0871. The first kappa shape index (κ1) is 32.5.